The lowest BCUT2D eigenvalue weighted by atomic mass is 10.2. The predicted octanol–water partition coefficient (Wildman–Crippen LogP) is 2.36. The molecule has 0 fully saturated rings. The highest BCUT2D eigenvalue weighted by Crippen LogP contribution is 2.21. The summed E-state index contributed by atoms with van der Waals surface area (Å²) in [6.07, 6.45) is 5.71. The summed E-state index contributed by atoms with van der Waals surface area (Å²) in [4.78, 5) is 10.1. The molecular weight excluding hydrogens is 228 g/mol. The van der Waals surface area contributed by atoms with Crippen molar-refractivity contribution in [3.63, 3.8) is 0 Å². The molecule has 0 bridgehead atoms. The maximum Gasteiger partial charge on any atom is 0.269 e. The van der Waals surface area contributed by atoms with Crippen LogP contribution in [-0.2, 0) is 6.54 Å². The lowest BCUT2D eigenvalue weighted by Gasteiger charge is -2.05. The topological polar surface area (TPSA) is 55.2 Å². The van der Waals surface area contributed by atoms with Gasteiger partial charge in [0.1, 0.15) is 0 Å². The van der Waals surface area contributed by atoms with Crippen LogP contribution in [0.4, 0.5) is 5.69 Å². The fourth-order valence-electron chi connectivity index (χ4n) is 1.19. The van der Waals surface area contributed by atoms with Crippen molar-refractivity contribution < 1.29 is 4.92 Å². The van der Waals surface area contributed by atoms with Crippen molar-refractivity contribution in [3.8, 4) is 12.3 Å². The quantitative estimate of drug-likeness (QED) is 0.371. The third kappa shape index (κ3) is 3.54. The Hall–Kier alpha value is -1.57. The zero-order valence-electron chi connectivity index (χ0n) is 8.57. The highest BCUT2D eigenvalue weighted by Gasteiger charge is 2.08. The Labute approximate surface area is 98.8 Å². The standard InChI is InChI=1S/C11H11ClN2O2/c1-2-3-6-13-8-9-7-10(14(15)16)4-5-11(9)12/h1,4-5,7,13H,3,6,8H2. The van der Waals surface area contributed by atoms with Gasteiger partial charge in [-0.1, -0.05) is 11.6 Å². The van der Waals surface area contributed by atoms with Crippen LogP contribution in [0, 0.1) is 22.5 Å². The molecule has 0 aromatic heterocycles. The molecule has 0 aliphatic carbocycles. The molecule has 1 rings (SSSR count). The summed E-state index contributed by atoms with van der Waals surface area (Å²) < 4.78 is 0. The number of non-ortho nitro benzene ring substituents is 1. The van der Waals surface area contributed by atoms with Crippen LogP contribution in [0.1, 0.15) is 12.0 Å². The number of nitro groups is 1. The van der Waals surface area contributed by atoms with Gasteiger partial charge in [0.2, 0.25) is 0 Å². The number of benzene rings is 1. The third-order valence-electron chi connectivity index (χ3n) is 2.00. The Balaban J connectivity index is 2.67. The normalized spacial score (nSPS) is 9.75. The Bertz CT molecular complexity index is 426. The van der Waals surface area contributed by atoms with Gasteiger partial charge in [-0.15, -0.1) is 12.3 Å². The third-order valence-corrected chi connectivity index (χ3v) is 2.37. The summed E-state index contributed by atoms with van der Waals surface area (Å²) in [5.74, 6) is 2.49. The van der Waals surface area contributed by atoms with Gasteiger partial charge in [-0.2, -0.15) is 0 Å². The van der Waals surface area contributed by atoms with Gasteiger partial charge >= 0.3 is 0 Å². The van der Waals surface area contributed by atoms with Gasteiger partial charge in [-0.05, 0) is 11.6 Å². The molecule has 1 aromatic rings. The van der Waals surface area contributed by atoms with E-state index in [9.17, 15) is 10.1 Å². The summed E-state index contributed by atoms with van der Waals surface area (Å²) in [5.41, 5.74) is 0.742. The van der Waals surface area contributed by atoms with Crippen LogP contribution in [0.5, 0.6) is 0 Å². The number of hydrogen-bond donors (Lipinski definition) is 1. The van der Waals surface area contributed by atoms with Crippen molar-refractivity contribution in [2.45, 2.75) is 13.0 Å². The molecule has 0 radical (unpaired) electrons. The van der Waals surface area contributed by atoms with Crippen molar-refractivity contribution in [2.24, 2.45) is 0 Å². The summed E-state index contributed by atoms with van der Waals surface area (Å²) in [5, 5.41) is 14.1. The van der Waals surface area contributed by atoms with Crippen molar-refractivity contribution in [2.75, 3.05) is 6.54 Å². The summed E-state index contributed by atoms with van der Waals surface area (Å²) in [6.45, 7) is 1.14. The molecule has 0 aliphatic rings. The van der Waals surface area contributed by atoms with E-state index in [0.29, 0.717) is 30.1 Å². The SMILES string of the molecule is C#CCCNCc1cc([N+](=O)[O-])ccc1Cl. The first-order valence-electron chi connectivity index (χ1n) is 4.72. The Morgan fingerprint density at radius 3 is 2.94 bits per heavy atom. The molecule has 0 unspecified atom stereocenters. The molecule has 84 valence electrons. The van der Waals surface area contributed by atoms with E-state index in [1.54, 1.807) is 0 Å². The summed E-state index contributed by atoms with van der Waals surface area (Å²) in [7, 11) is 0. The van der Waals surface area contributed by atoms with E-state index >= 15 is 0 Å². The molecule has 1 N–H and O–H groups in total. The van der Waals surface area contributed by atoms with Crippen molar-refractivity contribution in [1.82, 2.24) is 5.32 Å². The summed E-state index contributed by atoms with van der Waals surface area (Å²) >= 11 is 5.91. The van der Waals surface area contributed by atoms with Crippen LogP contribution in [0.15, 0.2) is 18.2 Å². The maximum atomic E-state index is 10.6. The van der Waals surface area contributed by atoms with Crippen molar-refractivity contribution in [3.05, 3.63) is 38.9 Å². The van der Waals surface area contributed by atoms with E-state index in [1.165, 1.54) is 18.2 Å². The van der Waals surface area contributed by atoms with Gasteiger partial charge in [0.15, 0.2) is 0 Å². The lowest BCUT2D eigenvalue weighted by molar-refractivity contribution is -0.384. The van der Waals surface area contributed by atoms with E-state index in [2.05, 4.69) is 11.2 Å². The first-order valence-corrected chi connectivity index (χ1v) is 5.10. The Morgan fingerprint density at radius 1 is 1.56 bits per heavy atom. The molecule has 0 atom stereocenters. The van der Waals surface area contributed by atoms with Gasteiger partial charge in [0.25, 0.3) is 5.69 Å². The lowest BCUT2D eigenvalue weighted by Crippen LogP contribution is -2.14. The highest BCUT2D eigenvalue weighted by molar-refractivity contribution is 6.31. The molecule has 0 spiro atoms. The first kappa shape index (κ1) is 12.5. The van der Waals surface area contributed by atoms with Crippen LogP contribution in [0.3, 0.4) is 0 Å². The number of terminal acetylenes is 1. The molecule has 0 amide bonds. The second-order valence-corrected chi connectivity index (χ2v) is 3.57. The summed E-state index contributed by atoms with van der Waals surface area (Å²) in [6, 6.07) is 4.37. The molecule has 0 aliphatic heterocycles. The molecule has 4 nitrogen and oxygen atoms in total. The second kappa shape index (κ2) is 6.11. The first-order chi connectivity index (χ1) is 7.65. The number of nitrogens with zero attached hydrogens (tertiary/aromatic N) is 1. The van der Waals surface area contributed by atoms with Gasteiger partial charge < -0.3 is 5.32 Å². The van der Waals surface area contributed by atoms with Crippen LogP contribution in [-0.4, -0.2) is 11.5 Å². The van der Waals surface area contributed by atoms with Gasteiger partial charge in [0, 0.05) is 36.7 Å². The minimum atomic E-state index is -0.443. The van der Waals surface area contributed by atoms with Crippen LogP contribution >= 0.6 is 11.6 Å². The second-order valence-electron chi connectivity index (χ2n) is 3.16. The molecule has 0 saturated heterocycles. The largest absolute Gasteiger partial charge is 0.312 e. The van der Waals surface area contributed by atoms with Crippen LogP contribution in [0.25, 0.3) is 0 Å². The van der Waals surface area contributed by atoms with Crippen LogP contribution < -0.4 is 5.32 Å². The zero-order valence-corrected chi connectivity index (χ0v) is 9.33. The molecule has 0 heterocycles. The average molecular weight is 239 g/mol. The predicted molar refractivity (Wildman–Crippen MR) is 63.3 cm³/mol. The molecular formula is C11H11ClN2O2. The minimum Gasteiger partial charge on any atom is -0.312 e. The van der Waals surface area contributed by atoms with E-state index in [1.807, 2.05) is 0 Å². The number of hydrogen-bond acceptors (Lipinski definition) is 3. The van der Waals surface area contributed by atoms with E-state index in [0.717, 1.165) is 0 Å². The number of nitrogens with one attached hydrogen (secondary N) is 1. The molecule has 0 saturated carbocycles. The minimum absolute atomic E-state index is 0.0400. The fraction of sp³-hybridized carbons (Fsp3) is 0.273. The molecule has 5 heteroatoms. The average Bonchev–Trinajstić information content (AvgIpc) is 2.26. The Kier molecular flexibility index (Phi) is 4.77. The van der Waals surface area contributed by atoms with Gasteiger partial charge in [-0.3, -0.25) is 10.1 Å². The zero-order chi connectivity index (χ0) is 12.0. The van der Waals surface area contributed by atoms with Crippen LogP contribution in [0.2, 0.25) is 5.02 Å². The number of rotatable bonds is 5. The monoisotopic (exact) mass is 238 g/mol. The number of halogens is 1. The fourth-order valence-corrected chi connectivity index (χ4v) is 1.38. The molecule has 1 aromatic carbocycles. The van der Waals surface area contributed by atoms with Crippen molar-refractivity contribution >= 4 is 17.3 Å². The van der Waals surface area contributed by atoms with Gasteiger partial charge in [-0.25, -0.2) is 0 Å². The Morgan fingerprint density at radius 2 is 2.31 bits per heavy atom. The maximum absolute atomic E-state index is 10.6. The molecule has 16 heavy (non-hydrogen) atoms. The number of nitro benzene ring substituents is 1. The highest BCUT2D eigenvalue weighted by atomic mass is 35.5. The van der Waals surface area contributed by atoms with E-state index < -0.39 is 4.92 Å². The van der Waals surface area contributed by atoms with E-state index in [-0.39, 0.29) is 5.69 Å². The van der Waals surface area contributed by atoms with Gasteiger partial charge in [0.05, 0.1) is 4.92 Å². The smallest absolute Gasteiger partial charge is 0.269 e. The van der Waals surface area contributed by atoms with E-state index in [4.69, 9.17) is 18.0 Å². The van der Waals surface area contributed by atoms with Crippen molar-refractivity contribution in [1.29, 1.82) is 0 Å².